The highest BCUT2D eigenvalue weighted by Gasteiger charge is 2.40. The van der Waals surface area contributed by atoms with Crippen LogP contribution in [0.5, 0.6) is 0 Å². The van der Waals surface area contributed by atoms with Crippen LogP contribution in [0, 0.1) is 11.8 Å². The Labute approximate surface area is 141 Å². The number of urea groups is 1. The second kappa shape index (κ2) is 7.01. The van der Waals surface area contributed by atoms with E-state index in [0.29, 0.717) is 31.0 Å². The first kappa shape index (κ1) is 16.5. The minimum Gasteiger partial charge on any atom is -0.338 e. The standard InChI is InChI=1S/C17H25N3O2S/c1-11(2)9-18-17(22)19-15(21)10-20-7-5-14-13(6-8-23-14)16(20)12-3-4-12/h6,8,11-12,16H,3-5,7,9-10H2,1-2H3,(H2,18,19,21,22)/t16-/m0/s1. The predicted molar refractivity (Wildman–Crippen MR) is 91.4 cm³/mol. The average Bonchev–Trinajstić information content (AvgIpc) is 3.21. The zero-order valence-electron chi connectivity index (χ0n) is 13.8. The number of carbonyl (C=O) groups is 2. The first-order chi connectivity index (χ1) is 11.0. The molecule has 1 aromatic heterocycles. The van der Waals surface area contributed by atoms with Crippen molar-refractivity contribution in [2.75, 3.05) is 19.6 Å². The minimum absolute atomic E-state index is 0.212. The Morgan fingerprint density at radius 1 is 1.39 bits per heavy atom. The number of hydrogen-bond donors (Lipinski definition) is 2. The van der Waals surface area contributed by atoms with Crippen LogP contribution in [0.1, 0.15) is 43.2 Å². The van der Waals surface area contributed by atoms with Crippen LogP contribution in [0.25, 0.3) is 0 Å². The fourth-order valence-corrected chi connectivity index (χ4v) is 4.14. The number of nitrogens with zero attached hydrogens (tertiary/aromatic N) is 1. The zero-order chi connectivity index (χ0) is 16.4. The lowest BCUT2D eigenvalue weighted by Crippen LogP contribution is -2.47. The van der Waals surface area contributed by atoms with Gasteiger partial charge in [-0.05, 0) is 48.1 Å². The van der Waals surface area contributed by atoms with Gasteiger partial charge in [-0.3, -0.25) is 15.0 Å². The molecule has 126 valence electrons. The Bertz CT molecular complexity index is 580. The molecule has 1 aliphatic carbocycles. The van der Waals surface area contributed by atoms with Crippen molar-refractivity contribution in [1.29, 1.82) is 0 Å². The van der Waals surface area contributed by atoms with Gasteiger partial charge in [-0.15, -0.1) is 11.3 Å². The van der Waals surface area contributed by atoms with Crippen LogP contribution in [0.4, 0.5) is 4.79 Å². The monoisotopic (exact) mass is 335 g/mol. The maximum absolute atomic E-state index is 12.2. The van der Waals surface area contributed by atoms with Crippen LogP contribution in [-0.4, -0.2) is 36.5 Å². The molecule has 0 saturated heterocycles. The summed E-state index contributed by atoms with van der Waals surface area (Å²) in [6.07, 6.45) is 3.49. The first-order valence-electron chi connectivity index (χ1n) is 8.42. The van der Waals surface area contributed by atoms with Gasteiger partial charge in [0.25, 0.3) is 0 Å². The zero-order valence-corrected chi connectivity index (χ0v) is 14.6. The van der Waals surface area contributed by atoms with Crippen LogP contribution in [0.2, 0.25) is 0 Å². The van der Waals surface area contributed by atoms with Gasteiger partial charge in [-0.1, -0.05) is 13.8 Å². The third-order valence-electron chi connectivity index (χ3n) is 4.46. The van der Waals surface area contributed by atoms with Crippen molar-refractivity contribution in [3.63, 3.8) is 0 Å². The van der Waals surface area contributed by atoms with Crippen molar-refractivity contribution in [3.8, 4) is 0 Å². The molecule has 0 radical (unpaired) electrons. The van der Waals surface area contributed by atoms with Crippen molar-refractivity contribution in [2.45, 2.75) is 39.2 Å². The Kier molecular flexibility index (Phi) is 5.02. The summed E-state index contributed by atoms with van der Waals surface area (Å²) in [5.74, 6) is 0.830. The summed E-state index contributed by atoms with van der Waals surface area (Å²) in [6.45, 7) is 5.82. The van der Waals surface area contributed by atoms with Gasteiger partial charge in [0.15, 0.2) is 0 Å². The van der Waals surface area contributed by atoms with E-state index in [-0.39, 0.29) is 11.9 Å². The van der Waals surface area contributed by atoms with E-state index in [0.717, 1.165) is 13.0 Å². The number of fused-ring (bicyclic) bond motifs is 1. The molecule has 6 heteroatoms. The Morgan fingerprint density at radius 3 is 2.87 bits per heavy atom. The summed E-state index contributed by atoms with van der Waals surface area (Å²) in [5, 5.41) is 7.33. The molecule has 2 heterocycles. The van der Waals surface area contributed by atoms with E-state index in [1.54, 1.807) is 0 Å². The van der Waals surface area contributed by atoms with Gasteiger partial charge in [0.05, 0.1) is 6.54 Å². The first-order valence-corrected chi connectivity index (χ1v) is 9.30. The lowest BCUT2D eigenvalue weighted by molar-refractivity contribution is -0.122. The van der Waals surface area contributed by atoms with Gasteiger partial charge in [-0.2, -0.15) is 0 Å². The van der Waals surface area contributed by atoms with Gasteiger partial charge in [0.2, 0.25) is 5.91 Å². The average molecular weight is 335 g/mol. The third-order valence-corrected chi connectivity index (χ3v) is 5.45. The van der Waals surface area contributed by atoms with Gasteiger partial charge in [0, 0.05) is 24.0 Å². The second-order valence-corrected chi connectivity index (χ2v) is 7.95. The Balaban J connectivity index is 1.57. The number of carbonyl (C=O) groups excluding carboxylic acids is 2. The van der Waals surface area contributed by atoms with Gasteiger partial charge < -0.3 is 5.32 Å². The van der Waals surface area contributed by atoms with Crippen LogP contribution in [0.3, 0.4) is 0 Å². The van der Waals surface area contributed by atoms with Crippen LogP contribution < -0.4 is 10.6 Å². The largest absolute Gasteiger partial charge is 0.338 e. The van der Waals surface area contributed by atoms with E-state index < -0.39 is 0 Å². The van der Waals surface area contributed by atoms with Crippen molar-refractivity contribution in [3.05, 3.63) is 21.9 Å². The van der Waals surface area contributed by atoms with E-state index >= 15 is 0 Å². The van der Waals surface area contributed by atoms with Gasteiger partial charge in [0.1, 0.15) is 0 Å². The molecule has 3 rings (SSSR count). The maximum atomic E-state index is 12.2. The van der Waals surface area contributed by atoms with Crippen LogP contribution >= 0.6 is 11.3 Å². The highest BCUT2D eigenvalue weighted by molar-refractivity contribution is 7.10. The summed E-state index contributed by atoms with van der Waals surface area (Å²) in [6, 6.07) is 2.18. The number of nitrogens with one attached hydrogen (secondary N) is 2. The topological polar surface area (TPSA) is 61.4 Å². The molecule has 2 aliphatic rings. The van der Waals surface area contributed by atoms with E-state index in [1.807, 2.05) is 25.2 Å². The predicted octanol–water partition coefficient (Wildman–Crippen LogP) is 2.54. The fraction of sp³-hybridized carbons (Fsp3) is 0.647. The lowest BCUT2D eigenvalue weighted by Gasteiger charge is -2.35. The van der Waals surface area contributed by atoms with Crippen LogP contribution in [0.15, 0.2) is 11.4 Å². The van der Waals surface area contributed by atoms with Gasteiger partial charge in [-0.25, -0.2) is 4.79 Å². The number of imide groups is 1. The summed E-state index contributed by atoms with van der Waals surface area (Å²) in [7, 11) is 0. The molecule has 0 spiro atoms. The molecule has 0 bridgehead atoms. The van der Waals surface area contributed by atoms with Crippen molar-refractivity contribution in [2.24, 2.45) is 11.8 Å². The minimum atomic E-state index is -0.389. The molecular weight excluding hydrogens is 310 g/mol. The fourth-order valence-electron chi connectivity index (χ4n) is 3.23. The molecule has 5 nitrogen and oxygen atoms in total. The van der Waals surface area contributed by atoms with Crippen molar-refractivity contribution < 1.29 is 9.59 Å². The molecule has 1 atom stereocenters. The summed E-state index contributed by atoms with van der Waals surface area (Å²) in [4.78, 5) is 27.6. The molecular formula is C17H25N3O2S. The molecule has 23 heavy (non-hydrogen) atoms. The van der Waals surface area contributed by atoms with Crippen molar-refractivity contribution >= 4 is 23.3 Å². The quantitative estimate of drug-likeness (QED) is 0.869. The van der Waals surface area contributed by atoms with Gasteiger partial charge >= 0.3 is 6.03 Å². The van der Waals surface area contributed by atoms with E-state index in [2.05, 4.69) is 27.0 Å². The summed E-state index contributed by atoms with van der Waals surface area (Å²) >= 11 is 1.82. The summed E-state index contributed by atoms with van der Waals surface area (Å²) < 4.78 is 0. The lowest BCUT2D eigenvalue weighted by atomic mass is 9.96. The molecule has 1 aromatic rings. The van der Waals surface area contributed by atoms with Crippen LogP contribution in [-0.2, 0) is 11.2 Å². The number of rotatable bonds is 5. The number of hydrogen-bond acceptors (Lipinski definition) is 4. The highest BCUT2D eigenvalue weighted by Crippen LogP contribution is 2.48. The number of thiophene rings is 1. The SMILES string of the molecule is CC(C)CNC(=O)NC(=O)CN1CCc2sccc2[C@@H]1C1CC1. The van der Waals surface area contributed by atoms with E-state index in [4.69, 9.17) is 0 Å². The third kappa shape index (κ3) is 4.12. The Morgan fingerprint density at radius 2 is 2.17 bits per heavy atom. The smallest absolute Gasteiger partial charge is 0.321 e. The molecule has 3 amide bonds. The molecule has 0 aromatic carbocycles. The summed E-state index contributed by atoms with van der Waals surface area (Å²) in [5.41, 5.74) is 1.40. The maximum Gasteiger partial charge on any atom is 0.321 e. The molecule has 1 aliphatic heterocycles. The highest BCUT2D eigenvalue weighted by atomic mass is 32.1. The molecule has 0 unspecified atom stereocenters. The molecule has 1 fully saturated rings. The molecule has 1 saturated carbocycles. The normalized spacial score (nSPS) is 21.1. The van der Waals surface area contributed by atoms with E-state index in [9.17, 15) is 9.59 Å². The Hall–Kier alpha value is -1.40. The van der Waals surface area contributed by atoms with E-state index in [1.165, 1.54) is 23.3 Å². The number of amides is 3. The second-order valence-electron chi connectivity index (χ2n) is 6.95. The molecule has 2 N–H and O–H groups in total. The van der Waals surface area contributed by atoms with Crippen molar-refractivity contribution in [1.82, 2.24) is 15.5 Å².